The van der Waals surface area contributed by atoms with E-state index in [2.05, 4.69) is 0 Å². The second-order valence-corrected chi connectivity index (χ2v) is 2.11. The summed E-state index contributed by atoms with van der Waals surface area (Å²) >= 11 is 1.48. The lowest BCUT2D eigenvalue weighted by Gasteiger charge is -1.98. The van der Waals surface area contributed by atoms with Gasteiger partial charge < -0.3 is 5.11 Å². The normalized spacial score (nSPS) is 14.5. The van der Waals surface area contributed by atoms with Crippen LogP contribution in [-0.2, 0) is 0 Å². The van der Waals surface area contributed by atoms with Crippen molar-refractivity contribution >= 4 is 11.8 Å². The summed E-state index contributed by atoms with van der Waals surface area (Å²) in [5.41, 5.74) is -0.148. The highest BCUT2D eigenvalue weighted by molar-refractivity contribution is 7.99. The Morgan fingerprint density at radius 2 is 2.33 bits per heavy atom. The Morgan fingerprint density at radius 1 is 1.83 bits per heavy atom. The molecule has 0 aromatic rings. The summed E-state index contributed by atoms with van der Waals surface area (Å²) < 4.78 is 0. The molecule has 2 heteroatoms. The highest BCUT2D eigenvalue weighted by Gasteiger charge is 1.91. The Morgan fingerprint density at radius 3 is 2.33 bits per heavy atom. The highest BCUT2D eigenvalue weighted by Crippen LogP contribution is 2.03. The van der Waals surface area contributed by atoms with Crippen LogP contribution in [0.15, 0.2) is 0 Å². The second-order valence-electron chi connectivity index (χ2n) is 1.10. The third kappa shape index (κ3) is 2.54. The predicted molar refractivity (Wildman–Crippen MR) is 29.8 cm³/mol. The van der Waals surface area contributed by atoms with Crippen LogP contribution in [0.4, 0.5) is 0 Å². The molecule has 6 heavy (non-hydrogen) atoms. The first-order valence-electron chi connectivity index (χ1n) is 2.02. The molecule has 0 aromatic carbocycles. The van der Waals surface area contributed by atoms with Gasteiger partial charge in [-0.05, 0) is 12.7 Å². The molecule has 0 saturated heterocycles. The van der Waals surface area contributed by atoms with Crippen molar-refractivity contribution in [1.29, 1.82) is 0 Å². The van der Waals surface area contributed by atoms with E-state index in [1.807, 2.05) is 13.2 Å². The van der Waals surface area contributed by atoms with E-state index >= 15 is 0 Å². The van der Waals surface area contributed by atoms with Crippen molar-refractivity contribution in [3.8, 4) is 0 Å². The molecule has 0 radical (unpaired) electrons. The van der Waals surface area contributed by atoms with Crippen LogP contribution in [0, 0.1) is 0 Å². The van der Waals surface area contributed by atoms with Crippen LogP contribution in [0.5, 0.6) is 0 Å². The van der Waals surface area contributed by atoms with E-state index in [0.717, 1.165) is 6.42 Å². The summed E-state index contributed by atoms with van der Waals surface area (Å²) in [4.78, 5) is 0. The number of thioether (sulfide) groups is 1. The van der Waals surface area contributed by atoms with Crippen LogP contribution in [0.1, 0.15) is 13.3 Å². The second kappa shape index (κ2) is 3.50. The summed E-state index contributed by atoms with van der Waals surface area (Å²) in [5, 5.41) is 8.63. The third-order valence-corrected chi connectivity index (χ3v) is 1.50. The van der Waals surface area contributed by atoms with Gasteiger partial charge in [0, 0.05) is 0 Å². The lowest BCUT2D eigenvalue weighted by Crippen LogP contribution is -1.94. The van der Waals surface area contributed by atoms with E-state index in [0.29, 0.717) is 0 Å². The average molecular weight is 106 g/mol. The number of aliphatic hydroxyl groups is 1. The SMILES string of the molecule is CC[C@H](O)SC. The smallest absolute Gasteiger partial charge is 0.0987 e. The van der Waals surface area contributed by atoms with Crippen LogP contribution < -0.4 is 0 Å². The summed E-state index contributed by atoms with van der Waals surface area (Å²) in [6.45, 7) is 1.96. The summed E-state index contributed by atoms with van der Waals surface area (Å²) in [6, 6.07) is 0. The maximum atomic E-state index is 8.63. The molecule has 0 unspecified atom stereocenters. The Balaban J connectivity index is 2.75. The lowest BCUT2D eigenvalue weighted by molar-refractivity contribution is 0.260. The first-order chi connectivity index (χ1) is 2.81. The monoisotopic (exact) mass is 106 g/mol. The van der Waals surface area contributed by atoms with Gasteiger partial charge in [0.05, 0.1) is 5.44 Å². The molecule has 1 atom stereocenters. The molecule has 0 aliphatic rings. The van der Waals surface area contributed by atoms with Gasteiger partial charge in [-0.15, -0.1) is 11.8 Å². The van der Waals surface area contributed by atoms with Gasteiger partial charge in [0.1, 0.15) is 0 Å². The molecular weight excluding hydrogens is 96.1 g/mol. The van der Waals surface area contributed by atoms with E-state index < -0.39 is 0 Å². The first-order valence-corrected chi connectivity index (χ1v) is 3.31. The molecule has 0 saturated carbocycles. The van der Waals surface area contributed by atoms with Gasteiger partial charge in [-0.1, -0.05) is 6.92 Å². The fourth-order valence-electron chi connectivity index (χ4n) is 0.167. The van der Waals surface area contributed by atoms with Crippen LogP contribution in [0.2, 0.25) is 0 Å². The summed E-state index contributed by atoms with van der Waals surface area (Å²) in [5.74, 6) is 0. The van der Waals surface area contributed by atoms with Gasteiger partial charge >= 0.3 is 0 Å². The van der Waals surface area contributed by atoms with Crippen molar-refractivity contribution in [2.24, 2.45) is 0 Å². The quantitative estimate of drug-likeness (QED) is 0.531. The molecule has 0 aliphatic carbocycles. The van der Waals surface area contributed by atoms with Crippen molar-refractivity contribution in [3.05, 3.63) is 0 Å². The van der Waals surface area contributed by atoms with Crippen LogP contribution in [-0.4, -0.2) is 16.8 Å². The topological polar surface area (TPSA) is 20.2 Å². The molecule has 0 rings (SSSR count). The fraction of sp³-hybridized carbons (Fsp3) is 1.00. The van der Waals surface area contributed by atoms with E-state index in [1.165, 1.54) is 11.8 Å². The zero-order chi connectivity index (χ0) is 4.99. The summed E-state index contributed by atoms with van der Waals surface area (Å²) in [7, 11) is 0. The Kier molecular flexibility index (Phi) is 3.68. The van der Waals surface area contributed by atoms with Crippen molar-refractivity contribution in [2.75, 3.05) is 6.26 Å². The molecular formula is C4H10OS. The van der Waals surface area contributed by atoms with Crippen molar-refractivity contribution in [3.63, 3.8) is 0 Å². The number of aliphatic hydroxyl groups excluding tert-OH is 1. The van der Waals surface area contributed by atoms with Crippen LogP contribution in [0.25, 0.3) is 0 Å². The van der Waals surface area contributed by atoms with Crippen LogP contribution in [0.3, 0.4) is 0 Å². The molecule has 0 aliphatic heterocycles. The molecule has 0 heterocycles. The number of hydrogen-bond acceptors (Lipinski definition) is 2. The molecule has 0 fully saturated rings. The van der Waals surface area contributed by atoms with Crippen LogP contribution >= 0.6 is 11.8 Å². The van der Waals surface area contributed by atoms with Gasteiger partial charge in [0.2, 0.25) is 0 Å². The maximum absolute atomic E-state index is 8.63. The third-order valence-electron chi connectivity index (χ3n) is 0.621. The van der Waals surface area contributed by atoms with E-state index in [4.69, 9.17) is 5.11 Å². The van der Waals surface area contributed by atoms with Crippen molar-refractivity contribution in [2.45, 2.75) is 18.8 Å². The molecule has 0 aromatic heterocycles. The Labute approximate surface area is 42.8 Å². The highest BCUT2D eigenvalue weighted by atomic mass is 32.2. The number of rotatable bonds is 2. The predicted octanol–water partition coefficient (Wildman–Crippen LogP) is 1.08. The minimum Gasteiger partial charge on any atom is -0.382 e. The van der Waals surface area contributed by atoms with Gasteiger partial charge in [0.25, 0.3) is 0 Å². The van der Waals surface area contributed by atoms with Gasteiger partial charge in [0.15, 0.2) is 0 Å². The standard InChI is InChI=1S/C4H10OS/c1-3-4(5)6-2/h4-5H,3H2,1-2H3/t4-/m1/s1. The molecule has 1 nitrogen and oxygen atoms in total. The largest absolute Gasteiger partial charge is 0.382 e. The average Bonchev–Trinajstić information content (AvgIpc) is 1.65. The Hall–Kier alpha value is 0.310. The van der Waals surface area contributed by atoms with E-state index in [-0.39, 0.29) is 5.44 Å². The van der Waals surface area contributed by atoms with Crippen molar-refractivity contribution < 1.29 is 5.11 Å². The maximum Gasteiger partial charge on any atom is 0.0987 e. The number of hydrogen-bond donors (Lipinski definition) is 1. The van der Waals surface area contributed by atoms with Crippen molar-refractivity contribution in [1.82, 2.24) is 0 Å². The van der Waals surface area contributed by atoms with Gasteiger partial charge in [-0.3, -0.25) is 0 Å². The van der Waals surface area contributed by atoms with Gasteiger partial charge in [-0.25, -0.2) is 0 Å². The van der Waals surface area contributed by atoms with E-state index in [1.54, 1.807) is 0 Å². The summed E-state index contributed by atoms with van der Waals surface area (Å²) in [6.07, 6.45) is 2.75. The minimum atomic E-state index is -0.148. The minimum absolute atomic E-state index is 0.148. The molecule has 0 spiro atoms. The zero-order valence-corrected chi connectivity index (χ0v) is 4.96. The fourth-order valence-corrected chi connectivity index (χ4v) is 0.500. The lowest BCUT2D eigenvalue weighted by atomic mass is 10.5. The molecule has 1 N–H and O–H groups in total. The van der Waals surface area contributed by atoms with E-state index in [9.17, 15) is 0 Å². The molecule has 38 valence electrons. The zero-order valence-electron chi connectivity index (χ0n) is 4.14. The van der Waals surface area contributed by atoms with Gasteiger partial charge in [-0.2, -0.15) is 0 Å². The Bertz CT molecular complexity index is 26.7. The molecule has 0 bridgehead atoms. The molecule has 0 amide bonds. The first kappa shape index (κ1) is 6.31.